The van der Waals surface area contributed by atoms with Crippen molar-refractivity contribution in [2.24, 2.45) is 23.7 Å². The van der Waals surface area contributed by atoms with Crippen molar-refractivity contribution >= 4 is 17.3 Å². The van der Waals surface area contributed by atoms with Gasteiger partial charge in [0.05, 0.1) is 0 Å². The maximum absolute atomic E-state index is 5.37. The summed E-state index contributed by atoms with van der Waals surface area (Å²) in [7, 11) is 1.92. The highest BCUT2D eigenvalue weighted by atomic mass is 32.1. The SMILES string of the molecule is CCC1CC(C2CCCCC2)CC(CC)C1NC(=S)NC. The first-order valence-electron chi connectivity index (χ1n) is 9.17. The van der Waals surface area contributed by atoms with Crippen molar-refractivity contribution in [1.82, 2.24) is 10.6 Å². The summed E-state index contributed by atoms with van der Waals surface area (Å²) in [5, 5.41) is 7.54. The second-order valence-corrected chi connectivity index (χ2v) is 7.62. The quantitative estimate of drug-likeness (QED) is 0.748. The highest BCUT2D eigenvalue weighted by Crippen LogP contribution is 2.44. The van der Waals surface area contributed by atoms with Gasteiger partial charge in [-0.2, -0.15) is 0 Å². The molecule has 2 saturated carbocycles. The largest absolute Gasteiger partial charge is 0.366 e. The molecule has 0 aromatic heterocycles. The minimum absolute atomic E-state index is 0.583. The van der Waals surface area contributed by atoms with E-state index in [1.807, 2.05) is 7.05 Å². The molecule has 0 heterocycles. The van der Waals surface area contributed by atoms with Crippen molar-refractivity contribution in [3.63, 3.8) is 0 Å². The Morgan fingerprint density at radius 2 is 1.52 bits per heavy atom. The zero-order chi connectivity index (χ0) is 15.2. The molecule has 122 valence electrons. The highest BCUT2D eigenvalue weighted by Gasteiger charge is 2.39. The van der Waals surface area contributed by atoms with Gasteiger partial charge in [0.25, 0.3) is 0 Å². The van der Waals surface area contributed by atoms with E-state index in [0.717, 1.165) is 28.8 Å². The zero-order valence-electron chi connectivity index (χ0n) is 14.2. The number of hydrogen-bond acceptors (Lipinski definition) is 1. The lowest BCUT2D eigenvalue weighted by atomic mass is 9.64. The Morgan fingerprint density at radius 3 is 2.00 bits per heavy atom. The third-order valence-corrected chi connectivity index (χ3v) is 6.44. The van der Waals surface area contributed by atoms with Crippen molar-refractivity contribution in [1.29, 1.82) is 0 Å². The van der Waals surface area contributed by atoms with Gasteiger partial charge in [0.15, 0.2) is 5.11 Å². The highest BCUT2D eigenvalue weighted by molar-refractivity contribution is 7.80. The molecule has 2 unspecified atom stereocenters. The van der Waals surface area contributed by atoms with Crippen LogP contribution in [0.1, 0.15) is 71.6 Å². The second kappa shape index (κ2) is 8.36. The van der Waals surface area contributed by atoms with Crippen LogP contribution in [0.2, 0.25) is 0 Å². The molecular weight excluding hydrogens is 276 g/mol. The van der Waals surface area contributed by atoms with Crippen LogP contribution in [-0.4, -0.2) is 18.2 Å². The second-order valence-electron chi connectivity index (χ2n) is 7.22. The molecule has 2 N–H and O–H groups in total. The monoisotopic (exact) mass is 310 g/mol. The van der Waals surface area contributed by atoms with Crippen LogP contribution in [0.3, 0.4) is 0 Å². The van der Waals surface area contributed by atoms with E-state index in [-0.39, 0.29) is 0 Å². The maximum atomic E-state index is 5.37. The summed E-state index contributed by atoms with van der Waals surface area (Å²) < 4.78 is 0. The fourth-order valence-electron chi connectivity index (χ4n) is 4.84. The van der Waals surface area contributed by atoms with Crippen LogP contribution in [0.25, 0.3) is 0 Å². The molecule has 3 heteroatoms. The van der Waals surface area contributed by atoms with E-state index in [9.17, 15) is 0 Å². The van der Waals surface area contributed by atoms with Crippen molar-refractivity contribution in [2.45, 2.75) is 77.7 Å². The number of hydrogen-bond donors (Lipinski definition) is 2. The maximum Gasteiger partial charge on any atom is 0.166 e. The van der Waals surface area contributed by atoms with Gasteiger partial charge in [-0.15, -0.1) is 0 Å². The first kappa shape index (κ1) is 17.1. The van der Waals surface area contributed by atoms with Crippen LogP contribution >= 0.6 is 12.2 Å². The molecule has 0 aromatic rings. The topological polar surface area (TPSA) is 24.1 Å². The molecule has 2 fully saturated rings. The van der Waals surface area contributed by atoms with E-state index in [1.165, 1.54) is 57.8 Å². The van der Waals surface area contributed by atoms with Crippen LogP contribution in [0, 0.1) is 23.7 Å². The molecule has 0 spiro atoms. The molecule has 0 aliphatic heterocycles. The van der Waals surface area contributed by atoms with E-state index in [0.29, 0.717) is 6.04 Å². The van der Waals surface area contributed by atoms with Gasteiger partial charge in [0, 0.05) is 13.1 Å². The number of rotatable bonds is 4. The number of thiocarbonyl (C=S) groups is 1. The molecule has 2 nitrogen and oxygen atoms in total. The van der Waals surface area contributed by atoms with Crippen LogP contribution in [0.4, 0.5) is 0 Å². The molecule has 2 rings (SSSR count). The van der Waals surface area contributed by atoms with Crippen molar-refractivity contribution in [3.8, 4) is 0 Å². The fraction of sp³-hybridized carbons (Fsp3) is 0.944. The van der Waals surface area contributed by atoms with E-state index in [4.69, 9.17) is 12.2 Å². The minimum Gasteiger partial charge on any atom is -0.366 e. The van der Waals surface area contributed by atoms with E-state index in [2.05, 4.69) is 24.5 Å². The molecule has 0 amide bonds. The summed E-state index contributed by atoms with van der Waals surface area (Å²) in [6.45, 7) is 4.72. The van der Waals surface area contributed by atoms with Crippen LogP contribution in [-0.2, 0) is 0 Å². The fourth-order valence-corrected chi connectivity index (χ4v) is 4.98. The third-order valence-electron chi connectivity index (χ3n) is 6.12. The molecule has 0 saturated heterocycles. The van der Waals surface area contributed by atoms with E-state index >= 15 is 0 Å². The average molecular weight is 311 g/mol. The van der Waals surface area contributed by atoms with Crippen LogP contribution in [0.5, 0.6) is 0 Å². The molecule has 2 aliphatic carbocycles. The van der Waals surface area contributed by atoms with Gasteiger partial charge in [-0.05, 0) is 48.7 Å². The summed E-state index contributed by atoms with van der Waals surface area (Å²) >= 11 is 5.37. The van der Waals surface area contributed by atoms with Gasteiger partial charge in [-0.1, -0.05) is 58.8 Å². The van der Waals surface area contributed by atoms with E-state index in [1.54, 1.807) is 0 Å². The van der Waals surface area contributed by atoms with Crippen molar-refractivity contribution < 1.29 is 0 Å². The molecule has 0 bridgehead atoms. The summed E-state index contributed by atoms with van der Waals surface area (Å²) in [4.78, 5) is 0. The van der Waals surface area contributed by atoms with Gasteiger partial charge in [0.2, 0.25) is 0 Å². The van der Waals surface area contributed by atoms with Crippen molar-refractivity contribution in [2.75, 3.05) is 7.05 Å². The molecule has 0 radical (unpaired) electrons. The Hall–Kier alpha value is -0.310. The van der Waals surface area contributed by atoms with Gasteiger partial charge < -0.3 is 10.6 Å². The van der Waals surface area contributed by atoms with Gasteiger partial charge >= 0.3 is 0 Å². The molecule has 0 aromatic carbocycles. The normalized spacial score (nSPS) is 34.4. The predicted octanol–water partition coefficient (Wildman–Crippen LogP) is 4.49. The lowest BCUT2D eigenvalue weighted by Crippen LogP contribution is -2.52. The average Bonchev–Trinajstić information content (AvgIpc) is 2.55. The smallest absolute Gasteiger partial charge is 0.166 e. The Morgan fingerprint density at radius 1 is 0.952 bits per heavy atom. The van der Waals surface area contributed by atoms with Crippen LogP contribution < -0.4 is 10.6 Å². The first-order chi connectivity index (χ1) is 10.2. The third kappa shape index (κ3) is 4.34. The summed E-state index contributed by atoms with van der Waals surface area (Å²) in [5.74, 6) is 3.57. The molecule has 21 heavy (non-hydrogen) atoms. The standard InChI is InChI=1S/C18H34N2S/c1-4-13-11-16(15-9-7-6-8-10-15)12-14(5-2)17(13)20-18(21)19-3/h13-17H,4-12H2,1-3H3,(H2,19,20,21). The summed E-state index contributed by atoms with van der Waals surface area (Å²) in [6.07, 6.45) is 12.8. The van der Waals surface area contributed by atoms with Crippen molar-refractivity contribution in [3.05, 3.63) is 0 Å². The zero-order valence-corrected chi connectivity index (χ0v) is 15.0. The van der Waals surface area contributed by atoms with E-state index < -0.39 is 0 Å². The Labute approximate surface area is 136 Å². The Bertz CT molecular complexity index is 311. The Kier molecular flexibility index (Phi) is 6.78. The lowest BCUT2D eigenvalue weighted by Gasteiger charge is -2.45. The van der Waals surface area contributed by atoms with Gasteiger partial charge in [-0.25, -0.2) is 0 Å². The first-order valence-corrected chi connectivity index (χ1v) is 9.58. The minimum atomic E-state index is 0.583. The summed E-state index contributed by atoms with van der Waals surface area (Å²) in [5.41, 5.74) is 0. The predicted molar refractivity (Wildman–Crippen MR) is 95.4 cm³/mol. The van der Waals surface area contributed by atoms with Gasteiger partial charge in [-0.3, -0.25) is 0 Å². The van der Waals surface area contributed by atoms with Crippen LogP contribution in [0.15, 0.2) is 0 Å². The number of nitrogens with one attached hydrogen (secondary N) is 2. The Balaban J connectivity index is 2.03. The summed E-state index contributed by atoms with van der Waals surface area (Å²) in [6, 6.07) is 0.583. The lowest BCUT2D eigenvalue weighted by molar-refractivity contribution is 0.0871. The molecular formula is C18H34N2S. The molecule has 2 atom stereocenters. The van der Waals surface area contributed by atoms with Gasteiger partial charge in [0.1, 0.15) is 0 Å². The molecule has 2 aliphatic rings.